The number of thiazole rings is 1. The second-order valence-corrected chi connectivity index (χ2v) is 12.2. The maximum Gasteiger partial charge on any atom is 0.338 e. The minimum Gasteiger partial charge on any atom is -0.478 e. The van der Waals surface area contributed by atoms with Crippen molar-refractivity contribution in [2.24, 2.45) is 4.99 Å². The molecule has 0 spiro atoms. The number of carbonyl (C=O) groups excluding carboxylic acids is 2. The number of amidine groups is 1. The van der Waals surface area contributed by atoms with Crippen LogP contribution in [-0.4, -0.2) is 101 Å². The van der Waals surface area contributed by atoms with Crippen LogP contribution < -0.4 is 5.32 Å². The molecule has 0 saturated carbocycles. The zero-order chi connectivity index (χ0) is 33.2. The number of nitrogens with one attached hydrogen (secondary N) is 1. The number of urea groups is 1. The van der Waals surface area contributed by atoms with Crippen LogP contribution in [0.5, 0.6) is 0 Å². The van der Waals surface area contributed by atoms with Gasteiger partial charge in [0.05, 0.1) is 30.8 Å². The van der Waals surface area contributed by atoms with Crippen molar-refractivity contribution in [3.63, 3.8) is 0 Å². The summed E-state index contributed by atoms with van der Waals surface area (Å²) < 4.78 is 33.2. The molecule has 0 aliphatic carbocycles. The summed E-state index contributed by atoms with van der Waals surface area (Å²) in [6.45, 7) is 2.27. The Hall–Kier alpha value is -4.84. The molecular weight excluding hydrogens is 654 g/mol. The highest BCUT2D eigenvalue weighted by molar-refractivity contribution is 7.11. The largest absolute Gasteiger partial charge is 0.478 e. The van der Waals surface area contributed by atoms with Crippen LogP contribution in [-0.2, 0) is 9.53 Å². The molecule has 0 bridgehead atoms. The highest BCUT2D eigenvalue weighted by Crippen LogP contribution is 2.37. The monoisotopic (exact) mass is 680 g/mol. The lowest BCUT2D eigenvalue weighted by Gasteiger charge is -2.38. The van der Waals surface area contributed by atoms with Crippen molar-refractivity contribution in [1.29, 1.82) is 0 Å². The summed E-state index contributed by atoms with van der Waals surface area (Å²) in [7, 11) is 1.28. The first-order chi connectivity index (χ1) is 22.6. The van der Waals surface area contributed by atoms with Crippen LogP contribution >= 0.6 is 22.9 Å². The second-order valence-electron chi connectivity index (χ2n) is 10.9. The van der Waals surface area contributed by atoms with Crippen LogP contribution in [0.3, 0.4) is 0 Å². The fourth-order valence-electron chi connectivity index (χ4n) is 5.81. The van der Waals surface area contributed by atoms with E-state index in [1.165, 1.54) is 42.7 Å². The molecule has 2 N–H and O–H groups in total. The predicted molar refractivity (Wildman–Crippen MR) is 169 cm³/mol. The molecule has 3 aliphatic heterocycles. The Morgan fingerprint density at radius 2 is 2.02 bits per heavy atom. The summed E-state index contributed by atoms with van der Waals surface area (Å²) in [6.07, 6.45) is 1.64. The molecule has 47 heavy (non-hydrogen) atoms. The lowest BCUT2D eigenvalue weighted by molar-refractivity contribution is -0.136. The van der Waals surface area contributed by atoms with Crippen molar-refractivity contribution < 1.29 is 33.0 Å². The van der Waals surface area contributed by atoms with Gasteiger partial charge < -0.3 is 25.0 Å². The molecule has 11 nitrogen and oxygen atoms in total. The van der Waals surface area contributed by atoms with Crippen molar-refractivity contribution in [3.8, 4) is 11.8 Å². The Labute approximate surface area is 277 Å². The Kier molecular flexibility index (Phi) is 9.21. The van der Waals surface area contributed by atoms with Crippen molar-refractivity contribution >= 4 is 46.7 Å². The number of rotatable bonds is 7. The van der Waals surface area contributed by atoms with Crippen molar-refractivity contribution in [2.75, 3.05) is 46.4 Å². The van der Waals surface area contributed by atoms with E-state index in [9.17, 15) is 23.2 Å². The van der Waals surface area contributed by atoms with Gasteiger partial charge in [0, 0.05) is 66.1 Å². The summed E-state index contributed by atoms with van der Waals surface area (Å²) in [4.78, 5) is 52.1. The smallest absolute Gasteiger partial charge is 0.338 e. The van der Waals surface area contributed by atoms with Crippen LogP contribution in [0.25, 0.3) is 0 Å². The number of hydrogen-bond donors (Lipinski definition) is 2. The van der Waals surface area contributed by atoms with Crippen molar-refractivity contribution in [1.82, 2.24) is 25.0 Å². The Morgan fingerprint density at radius 3 is 2.72 bits per heavy atom. The number of carboxylic acid groups (broad SMARTS) is 1. The van der Waals surface area contributed by atoms with Crippen LogP contribution in [0, 0.1) is 23.5 Å². The standard InChI is InChI=1S/C32H27ClF2N6O5S/c1-46-31(44)26-25(37-28(29-36-8-12-47-29)38-27(26)21-7-5-19(34)14-23(21)33)17-39-10-11-41-20(15-39)16-40(32(41)45)9-2-3-18-4-6-22(30(42)43)24(35)13-18/h4-8,12-14,20,27H,9-11,15-17H2,1H3,(H,37,38)(H,42,43). The molecule has 3 aliphatic rings. The van der Waals surface area contributed by atoms with Crippen LogP contribution in [0.4, 0.5) is 13.6 Å². The van der Waals surface area contributed by atoms with Crippen molar-refractivity contribution in [3.05, 3.63) is 97.6 Å². The van der Waals surface area contributed by atoms with E-state index in [4.69, 9.17) is 26.4 Å². The summed E-state index contributed by atoms with van der Waals surface area (Å²) in [5, 5.41) is 14.8. The summed E-state index contributed by atoms with van der Waals surface area (Å²) in [6, 6.07) is 6.37. The number of aromatic nitrogens is 1. The molecule has 1 aromatic heterocycles. The van der Waals surface area contributed by atoms with Gasteiger partial charge in [-0.25, -0.2) is 28.1 Å². The first-order valence-electron chi connectivity index (χ1n) is 14.4. The van der Waals surface area contributed by atoms with E-state index < -0.39 is 35.2 Å². The van der Waals surface area contributed by atoms with Gasteiger partial charge in [0.25, 0.3) is 0 Å². The Morgan fingerprint density at radius 1 is 1.19 bits per heavy atom. The van der Waals surface area contributed by atoms with Gasteiger partial charge in [0.15, 0.2) is 10.8 Å². The fourth-order valence-corrected chi connectivity index (χ4v) is 6.67. The Bertz CT molecular complexity index is 1870. The molecular formula is C32H27ClF2N6O5S. The van der Waals surface area contributed by atoms with E-state index in [1.807, 2.05) is 0 Å². The predicted octanol–water partition coefficient (Wildman–Crippen LogP) is 3.76. The SMILES string of the molecule is COC(=O)C1=C(CN2CCN3C(=O)N(CC#Cc4ccc(C(=O)O)c(F)c4)CC3C2)NC(c2nccs2)=NC1c1ccc(F)cc1Cl. The highest BCUT2D eigenvalue weighted by atomic mass is 35.5. The minimum absolute atomic E-state index is 0.112. The number of aromatic carboxylic acids is 1. The molecule has 2 unspecified atom stereocenters. The number of carbonyl (C=O) groups is 3. The number of benzene rings is 2. The van der Waals surface area contributed by atoms with Gasteiger partial charge in [-0.3, -0.25) is 9.89 Å². The van der Waals surface area contributed by atoms with Gasteiger partial charge in [-0.15, -0.1) is 11.3 Å². The third-order valence-corrected chi connectivity index (χ3v) is 9.13. The van der Waals surface area contributed by atoms with E-state index in [0.29, 0.717) is 60.4 Å². The molecule has 2 saturated heterocycles. The van der Waals surface area contributed by atoms with E-state index in [0.717, 1.165) is 12.1 Å². The average molecular weight is 681 g/mol. The molecule has 6 rings (SSSR count). The van der Waals surface area contributed by atoms with Gasteiger partial charge in [-0.05, 0) is 30.3 Å². The molecule has 4 heterocycles. The van der Waals surface area contributed by atoms with Gasteiger partial charge >= 0.3 is 18.0 Å². The van der Waals surface area contributed by atoms with E-state index in [-0.39, 0.29) is 29.2 Å². The number of ether oxygens (including phenoxy) is 1. The van der Waals surface area contributed by atoms with E-state index in [1.54, 1.807) is 21.4 Å². The lowest BCUT2D eigenvalue weighted by atomic mass is 9.95. The fraction of sp³-hybridized carbons (Fsp3) is 0.281. The molecule has 0 radical (unpaired) electrons. The maximum atomic E-state index is 14.0. The van der Waals surface area contributed by atoms with E-state index >= 15 is 0 Å². The quantitative estimate of drug-likeness (QED) is 0.285. The summed E-state index contributed by atoms with van der Waals surface area (Å²) >= 11 is 7.82. The Balaban J connectivity index is 1.20. The van der Waals surface area contributed by atoms with Crippen LogP contribution in [0.2, 0.25) is 5.02 Å². The van der Waals surface area contributed by atoms with Gasteiger partial charge in [-0.2, -0.15) is 0 Å². The van der Waals surface area contributed by atoms with Crippen LogP contribution in [0.1, 0.15) is 32.5 Å². The van der Waals surface area contributed by atoms with Gasteiger partial charge in [-0.1, -0.05) is 29.5 Å². The number of nitrogens with zero attached hydrogens (tertiary/aromatic N) is 5. The molecule has 2 aromatic carbocycles. The number of methoxy groups -OCH3 is 1. The number of esters is 1. The average Bonchev–Trinajstić information content (AvgIpc) is 3.69. The zero-order valence-electron chi connectivity index (χ0n) is 24.9. The normalized spacial score (nSPS) is 19.5. The number of fused-ring (bicyclic) bond motifs is 1. The number of hydrogen-bond acceptors (Lipinski definition) is 9. The first-order valence-corrected chi connectivity index (χ1v) is 15.7. The second kappa shape index (κ2) is 13.5. The molecule has 15 heteroatoms. The van der Waals surface area contributed by atoms with Gasteiger partial charge in [0.2, 0.25) is 0 Å². The third-order valence-electron chi connectivity index (χ3n) is 8.02. The maximum absolute atomic E-state index is 14.0. The summed E-state index contributed by atoms with van der Waals surface area (Å²) in [5.41, 5.74) is 1.06. The number of carboxylic acids is 1. The van der Waals surface area contributed by atoms with Gasteiger partial charge in [0.1, 0.15) is 17.7 Å². The topological polar surface area (TPSA) is 128 Å². The minimum atomic E-state index is -1.36. The molecule has 2 amide bonds. The highest BCUT2D eigenvalue weighted by Gasteiger charge is 2.41. The molecule has 2 atom stereocenters. The third kappa shape index (κ3) is 6.69. The van der Waals surface area contributed by atoms with E-state index in [2.05, 4.69) is 27.0 Å². The summed E-state index contributed by atoms with van der Waals surface area (Å²) in [5.74, 6) is 2.74. The number of amides is 2. The molecule has 242 valence electrons. The van der Waals surface area contributed by atoms with Crippen molar-refractivity contribution in [2.45, 2.75) is 12.1 Å². The zero-order valence-corrected chi connectivity index (χ0v) is 26.4. The molecule has 2 fully saturated rings. The number of aliphatic imine (C=N–C) groups is 1. The van der Waals surface area contributed by atoms with Crippen LogP contribution in [0.15, 0.2) is 64.2 Å². The first kappa shape index (κ1) is 32.1. The number of halogens is 3. The molecule has 3 aromatic rings. The number of piperazine rings is 1. The lowest BCUT2D eigenvalue weighted by Crippen LogP contribution is -2.53.